The van der Waals surface area contributed by atoms with E-state index in [0.29, 0.717) is 0 Å². The number of hydrogen-bond donors (Lipinski definition) is 2. The lowest BCUT2D eigenvalue weighted by Gasteiger charge is -2.15. The molecule has 0 saturated carbocycles. The molecule has 0 spiro atoms. The molecule has 5 nitrogen and oxygen atoms in total. The molecule has 1 amide bonds. The Hall–Kier alpha value is -2.32. The number of alkyl halides is 4. The van der Waals surface area contributed by atoms with Crippen molar-refractivity contribution in [3.63, 3.8) is 0 Å². The van der Waals surface area contributed by atoms with Crippen molar-refractivity contribution in [1.82, 2.24) is 0 Å². The zero-order valence-corrected chi connectivity index (χ0v) is 9.78. The fourth-order valence-electron chi connectivity index (χ4n) is 1.12. The van der Waals surface area contributed by atoms with Crippen LogP contribution < -0.4 is 10.1 Å². The molecular formula is C11H9F4NO4. The third-order valence-corrected chi connectivity index (χ3v) is 2.03. The van der Waals surface area contributed by atoms with E-state index in [-0.39, 0.29) is 11.4 Å². The van der Waals surface area contributed by atoms with E-state index in [1.54, 1.807) is 5.32 Å². The Balaban J connectivity index is 2.76. The smallest absolute Gasteiger partial charge is 0.383 e. The standard InChI is InChI=1S/C11H9F4NO4/c12-9(13)11(14,15)10(19)16-6-2-1-3-7(4-6)20-5-8(17)18/h1-4,9H,5H2,(H,16,19)(H,17,18). The zero-order valence-electron chi connectivity index (χ0n) is 9.78. The number of carbonyl (C=O) groups excluding carboxylic acids is 1. The Morgan fingerprint density at radius 3 is 2.55 bits per heavy atom. The van der Waals surface area contributed by atoms with E-state index >= 15 is 0 Å². The van der Waals surface area contributed by atoms with Gasteiger partial charge in [-0.25, -0.2) is 13.6 Å². The minimum Gasteiger partial charge on any atom is -0.482 e. The number of carboxylic acid groups (broad SMARTS) is 1. The van der Waals surface area contributed by atoms with Gasteiger partial charge in [0.05, 0.1) is 0 Å². The van der Waals surface area contributed by atoms with Gasteiger partial charge in [0.25, 0.3) is 0 Å². The van der Waals surface area contributed by atoms with Gasteiger partial charge in [-0.1, -0.05) is 6.07 Å². The Kier molecular flexibility index (Phi) is 4.89. The van der Waals surface area contributed by atoms with E-state index in [0.717, 1.165) is 12.1 Å². The average Bonchev–Trinajstić information content (AvgIpc) is 2.36. The second-order valence-electron chi connectivity index (χ2n) is 3.59. The molecule has 0 aliphatic rings. The van der Waals surface area contributed by atoms with Crippen molar-refractivity contribution in [1.29, 1.82) is 0 Å². The molecule has 9 heteroatoms. The molecule has 0 bridgehead atoms. The van der Waals surface area contributed by atoms with Crippen LogP contribution in [0.4, 0.5) is 23.2 Å². The van der Waals surface area contributed by atoms with Gasteiger partial charge in [-0.15, -0.1) is 0 Å². The summed E-state index contributed by atoms with van der Waals surface area (Å²) in [6.45, 7) is -0.676. The lowest BCUT2D eigenvalue weighted by Crippen LogP contribution is -2.40. The van der Waals surface area contributed by atoms with Gasteiger partial charge in [-0.3, -0.25) is 4.79 Å². The number of ether oxygens (including phenoxy) is 1. The highest BCUT2D eigenvalue weighted by Crippen LogP contribution is 2.25. The summed E-state index contributed by atoms with van der Waals surface area (Å²) in [4.78, 5) is 21.2. The predicted octanol–water partition coefficient (Wildman–Crippen LogP) is 1.99. The van der Waals surface area contributed by atoms with Crippen LogP contribution in [-0.4, -0.2) is 35.9 Å². The molecule has 0 atom stereocenters. The number of halogens is 4. The molecule has 1 aromatic rings. The van der Waals surface area contributed by atoms with Crippen LogP contribution >= 0.6 is 0 Å². The Morgan fingerprint density at radius 2 is 2.00 bits per heavy atom. The molecule has 20 heavy (non-hydrogen) atoms. The largest absolute Gasteiger partial charge is 0.482 e. The van der Waals surface area contributed by atoms with Crippen LogP contribution in [0.5, 0.6) is 5.75 Å². The van der Waals surface area contributed by atoms with Gasteiger partial charge in [0.1, 0.15) is 5.75 Å². The fraction of sp³-hybridized carbons (Fsp3) is 0.273. The first-order valence-corrected chi connectivity index (χ1v) is 5.15. The van der Waals surface area contributed by atoms with Crippen LogP contribution in [0.15, 0.2) is 24.3 Å². The molecule has 0 radical (unpaired) electrons. The summed E-state index contributed by atoms with van der Waals surface area (Å²) in [6.07, 6.45) is -4.13. The summed E-state index contributed by atoms with van der Waals surface area (Å²) in [5.74, 6) is -8.27. The Morgan fingerprint density at radius 1 is 1.35 bits per heavy atom. The van der Waals surface area contributed by atoms with Gasteiger partial charge in [-0.05, 0) is 12.1 Å². The summed E-state index contributed by atoms with van der Waals surface area (Å²) >= 11 is 0. The molecule has 0 unspecified atom stereocenters. The number of amides is 1. The van der Waals surface area contributed by atoms with Crippen LogP contribution in [0.3, 0.4) is 0 Å². The van der Waals surface area contributed by atoms with Crippen LogP contribution in [0.2, 0.25) is 0 Å². The number of hydrogen-bond acceptors (Lipinski definition) is 3. The lowest BCUT2D eigenvalue weighted by atomic mass is 10.2. The Bertz CT molecular complexity index is 507. The molecule has 1 aromatic carbocycles. The number of anilines is 1. The highest BCUT2D eigenvalue weighted by Gasteiger charge is 2.48. The highest BCUT2D eigenvalue weighted by atomic mass is 19.3. The second-order valence-corrected chi connectivity index (χ2v) is 3.59. The fourth-order valence-corrected chi connectivity index (χ4v) is 1.12. The third kappa shape index (κ3) is 4.11. The molecule has 2 N–H and O–H groups in total. The van der Waals surface area contributed by atoms with Crippen LogP contribution in [-0.2, 0) is 9.59 Å². The van der Waals surface area contributed by atoms with E-state index in [4.69, 9.17) is 9.84 Å². The summed E-state index contributed by atoms with van der Waals surface area (Å²) in [5.41, 5.74) is -0.224. The summed E-state index contributed by atoms with van der Waals surface area (Å²) < 4.78 is 54.1. The van der Waals surface area contributed by atoms with Gasteiger partial charge in [-0.2, -0.15) is 8.78 Å². The monoisotopic (exact) mass is 295 g/mol. The van der Waals surface area contributed by atoms with Gasteiger partial charge in [0.2, 0.25) is 0 Å². The van der Waals surface area contributed by atoms with E-state index in [9.17, 15) is 27.2 Å². The maximum atomic E-state index is 12.7. The van der Waals surface area contributed by atoms with Crippen LogP contribution in [0, 0.1) is 0 Å². The van der Waals surface area contributed by atoms with E-state index < -0.39 is 30.8 Å². The molecule has 0 aromatic heterocycles. The van der Waals surface area contributed by atoms with Gasteiger partial charge in [0.15, 0.2) is 6.61 Å². The quantitative estimate of drug-likeness (QED) is 0.787. The van der Waals surface area contributed by atoms with Gasteiger partial charge in [0, 0.05) is 11.8 Å². The summed E-state index contributed by atoms with van der Waals surface area (Å²) in [7, 11) is 0. The first-order chi connectivity index (χ1) is 9.23. The minimum atomic E-state index is -4.82. The van der Waals surface area contributed by atoms with Gasteiger partial charge < -0.3 is 15.2 Å². The van der Waals surface area contributed by atoms with Crippen molar-refractivity contribution >= 4 is 17.6 Å². The first kappa shape index (κ1) is 15.7. The van der Waals surface area contributed by atoms with Crippen LogP contribution in [0.1, 0.15) is 0 Å². The van der Waals surface area contributed by atoms with Crippen molar-refractivity contribution in [3.05, 3.63) is 24.3 Å². The van der Waals surface area contributed by atoms with Crippen molar-refractivity contribution in [3.8, 4) is 5.75 Å². The number of rotatable bonds is 6. The maximum Gasteiger partial charge on any atom is 0.383 e. The van der Waals surface area contributed by atoms with Crippen molar-refractivity contribution in [2.75, 3.05) is 11.9 Å². The summed E-state index contributed by atoms with van der Waals surface area (Å²) in [6, 6.07) is 4.77. The minimum absolute atomic E-state index is 0.0226. The van der Waals surface area contributed by atoms with Gasteiger partial charge >= 0.3 is 24.2 Å². The number of nitrogens with one attached hydrogen (secondary N) is 1. The number of carbonyl (C=O) groups is 2. The van der Waals surface area contributed by atoms with Crippen molar-refractivity contribution < 1.29 is 37.0 Å². The van der Waals surface area contributed by atoms with E-state index in [2.05, 4.69) is 0 Å². The van der Waals surface area contributed by atoms with E-state index in [1.807, 2.05) is 0 Å². The Labute approximate surface area is 110 Å². The zero-order chi connectivity index (χ0) is 15.3. The SMILES string of the molecule is O=C(O)COc1cccc(NC(=O)C(F)(F)C(F)F)c1. The number of aliphatic carboxylic acids is 1. The normalized spacial score (nSPS) is 11.2. The molecule has 0 aliphatic carbocycles. The molecular weight excluding hydrogens is 286 g/mol. The maximum absolute atomic E-state index is 12.7. The molecule has 0 aliphatic heterocycles. The second kappa shape index (κ2) is 6.22. The molecule has 0 saturated heterocycles. The average molecular weight is 295 g/mol. The predicted molar refractivity (Wildman–Crippen MR) is 59.2 cm³/mol. The van der Waals surface area contributed by atoms with Crippen molar-refractivity contribution in [2.24, 2.45) is 0 Å². The van der Waals surface area contributed by atoms with Crippen LogP contribution in [0.25, 0.3) is 0 Å². The third-order valence-electron chi connectivity index (χ3n) is 2.03. The number of benzene rings is 1. The number of carboxylic acids is 1. The first-order valence-electron chi connectivity index (χ1n) is 5.15. The van der Waals surface area contributed by atoms with E-state index in [1.165, 1.54) is 12.1 Å². The lowest BCUT2D eigenvalue weighted by molar-refractivity contribution is -0.163. The summed E-state index contributed by atoms with van der Waals surface area (Å²) in [5, 5.41) is 9.98. The highest BCUT2D eigenvalue weighted by molar-refractivity contribution is 5.96. The van der Waals surface area contributed by atoms with Crippen molar-refractivity contribution in [2.45, 2.75) is 12.3 Å². The molecule has 0 heterocycles. The molecule has 0 fully saturated rings. The topological polar surface area (TPSA) is 75.6 Å². The molecule has 1 rings (SSSR count). The molecule has 110 valence electrons.